The fourth-order valence-corrected chi connectivity index (χ4v) is 5.00. The van der Waals surface area contributed by atoms with Gasteiger partial charge in [0.25, 0.3) is 0 Å². The van der Waals surface area contributed by atoms with Gasteiger partial charge in [-0.05, 0) is 44.0 Å². The minimum atomic E-state index is 0.172. The lowest BCUT2D eigenvalue weighted by Crippen LogP contribution is -2.48. The number of benzene rings is 2. The Balaban J connectivity index is 0.00000133. The summed E-state index contributed by atoms with van der Waals surface area (Å²) in [5, 5.41) is 4.44. The van der Waals surface area contributed by atoms with Gasteiger partial charge in [-0.25, -0.2) is 0 Å². The van der Waals surface area contributed by atoms with Crippen LogP contribution < -0.4 is 14.5 Å². The molecule has 2 aromatic carbocycles. The van der Waals surface area contributed by atoms with Crippen molar-refractivity contribution >= 4 is 17.1 Å². The fourth-order valence-electron chi connectivity index (χ4n) is 5.00. The molecule has 6 nitrogen and oxygen atoms in total. The number of fused-ring (bicyclic) bond motifs is 1. The Labute approximate surface area is 205 Å². The van der Waals surface area contributed by atoms with Crippen molar-refractivity contribution in [2.45, 2.75) is 52.7 Å². The van der Waals surface area contributed by atoms with Crippen LogP contribution >= 0.6 is 0 Å². The van der Waals surface area contributed by atoms with Gasteiger partial charge in [-0.1, -0.05) is 49.3 Å². The van der Waals surface area contributed by atoms with E-state index in [4.69, 9.17) is 9.57 Å². The Kier molecular flexibility index (Phi) is 8.33. The Morgan fingerprint density at radius 2 is 1.65 bits per heavy atom. The highest BCUT2D eigenvalue weighted by Crippen LogP contribution is 2.30. The molecule has 0 aromatic heterocycles. The molecular formula is C28H40N4O2. The topological polar surface area (TPSA) is 40.5 Å². The quantitative estimate of drug-likeness (QED) is 0.587. The molecule has 3 heterocycles. The van der Waals surface area contributed by atoms with Crippen molar-refractivity contribution < 1.29 is 9.57 Å². The van der Waals surface area contributed by atoms with Gasteiger partial charge in [0.15, 0.2) is 0 Å². The summed E-state index contributed by atoms with van der Waals surface area (Å²) in [7, 11) is 0. The van der Waals surface area contributed by atoms with Gasteiger partial charge in [-0.2, -0.15) is 0 Å². The average Bonchev–Trinajstić information content (AvgIpc) is 3.48. The Hall–Kier alpha value is -2.73. The van der Waals surface area contributed by atoms with Crippen molar-refractivity contribution in [2.24, 2.45) is 5.16 Å². The van der Waals surface area contributed by atoms with Crippen molar-refractivity contribution in [3.8, 4) is 5.75 Å². The third-order valence-corrected chi connectivity index (χ3v) is 6.55. The molecular weight excluding hydrogens is 424 g/mol. The summed E-state index contributed by atoms with van der Waals surface area (Å²) >= 11 is 0. The van der Waals surface area contributed by atoms with Crippen LogP contribution in [0.15, 0.2) is 53.7 Å². The minimum Gasteiger partial charge on any atom is -0.489 e. The van der Waals surface area contributed by atoms with Crippen LogP contribution in [-0.4, -0.2) is 68.6 Å². The smallest absolute Gasteiger partial charge is 0.145 e. The Bertz CT molecular complexity index is 953. The average molecular weight is 465 g/mol. The van der Waals surface area contributed by atoms with E-state index in [1.165, 1.54) is 22.6 Å². The summed E-state index contributed by atoms with van der Waals surface area (Å²) in [6.45, 7) is 15.1. The molecule has 6 heteroatoms. The van der Waals surface area contributed by atoms with E-state index in [0.29, 0.717) is 0 Å². The maximum absolute atomic E-state index is 6.03. The van der Waals surface area contributed by atoms with Crippen LogP contribution in [0.1, 0.15) is 39.7 Å². The molecule has 0 saturated carbocycles. The standard InChI is InChI=1S/C26H34N4O2.C2H6/c1-20(2)31-26-10-6-5-9-25(26)29-15-13-28(14-16-29)19-23-17-22(27-32-23)18-30-12-11-21-7-3-4-8-24(21)30;1-2/h3-10,20,23H,11-19H2,1-2H3;1-2H3. The van der Waals surface area contributed by atoms with E-state index in [1.54, 1.807) is 0 Å². The van der Waals surface area contributed by atoms with Crippen LogP contribution in [0.2, 0.25) is 0 Å². The normalized spacial score (nSPS) is 19.9. The lowest BCUT2D eigenvalue weighted by molar-refractivity contribution is 0.0510. The Morgan fingerprint density at radius 3 is 2.41 bits per heavy atom. The number of nitrogens with zero attached hydrogens (tertiary/aromatic N) is 4. The highest BCUT2D eigenvalue weighted by Gasteiger charge is 2.28. The second-order valence-electron chi connectivity index (χ2n) is 9.31. The second kappa shape index (κ2) is 11.6. The predicted molar refractivity (Wildman–Crippen MR) is 141 cm³/mol. The SMILES string of the molecule is CC.CC(C)Oc1ccccc1N1CCN(CC2CC(CN3CCc4ccccc43)=NO2)CC1. The van der Waals surface area contributed by atoms with Crippen molar-refractivity contribution in [1.29, 1.82) is 0 Å². The summed E-state index contributed by atoms with van der Waals surface area (Å²) in [4.78, 5) is 13.2. The lowest BCUT2D eigenvalue weighted by atomic mass is 10.1. The van der Waals surface area contributed by atoms with Crippen LogP contribution in [-0.2, 0) is 11.3 Å². The largest absolute Gasteiger partial charge is 0.489 e. The van der Waals surface area contributed by atoms with Gasteiger partial charge in [-0.3, -0.25) is 4.90 Å². The first-order valence-corrected chi connectivity index (χ1v) is 12.9. The molecule has 1 fully saturated rings. The zero-order valence-corrected chi connectivity index (χ0v) is 21.2. The summed E-state index contributed by atoms with van der Waals surface area (Å²) in [6, 6.07) is 17.1. The van der Waals surface area contributed by atoms with Crippen LogP contribution in [0.25, 0.3) is 0 Å². The minimum absolute atomic E-state index is 0.172. The molecule has 184 valence electrons. The highest BCUT2D eigenvalue weighted by molar-refractivity contribution is 5.90. The maximum Gasteiger partial charge on any atom is 0.145 e. The highest BCUT2D eigenvalue weighted by atomic mass is 16.6. The van der Waals surface area contributed by atoms with Crippen LogP contribution in [0.3, 0.4) is 0 Å². The van der Waals surface area contributed by atoms with E-state index >= 15 is 0 Å². The number of rotatable bonds is 7. The van der Waals surface area contributed by atoms with Crippen molar-refractivity contribution in [3.05, 3.63) is 54.1 Å². The molecule has 5 rings (SSSR count). The fraction of sp³-hybridized carbons (Fsp3) is 0.536. The molecule has 0 bridgehead atoms. The molecule has 1 atom stereocenters. The van der Waals surface area contributed by atoms with Gasteiger partial charge in [0, 0.05) is 51.4 Å². The number of anilines is 2. The Morgan fingerprint density at radius 1 is 0.941 bits per heavy atom. The summed E-state index contributed by atoms with van der Waals surface area (Å²) in [5.41, 5.74) is 5.18. The van der Waals surface area contributed by atoms with E-state index in [0.717, 1.165) is 64.4 Å². The predicted octanol–water partition coefficient (Wildman–Crippen LogP) is 4.83. The number of para-hydroxylation sites is 3. The second-order valence-corrected chi connectivity index (χ2v) is 9.31. The molecule has 34 heavy (non-hydrogen) atoms. The molecule has 1 saturated heterocycles. The van der Waals surface area contributed by atoms with Gasteiger partial charge in [0.1, 0.15) is 11.9 Å². The first-order chi connectivity index (χ1) is 16.7. The number of oxime groups is 1. The van der Waals surface area contributed by atoms with Crippen molar-refractivity contribution in [1.82, 2.24) is 4.90 Å². The molecule has 2 aromatic rings. The van der Waals surface area contributed by atoms with Crippen LogP contribution in [0, 0.1) is 0 Å². The molecule has 1 unspecified atom stereocenters. The van der Waals surface area contributed by atoms with Crippen molar-refractivity contribution in [2.75, 3.05) is 55.6 Å². The third-order valence-electron chi connectivity index (χ3n) is 6.55. The van der Waals surface area contributed by atoms with E-state index < -0.39 is 0 Å². The van der Waals surface area contributed by atoms with Gasteiger partial charge in [0.05, 0.1) is 24.0 Å². The summed E-state index contributed by atoms with van der Waals surface area (Å²) in [6.07, 6.45) is 2.42. The first-order valence-electron chi connectivity index (χ1n) is 12.9. The zero-order valence-electron chi connectivity index (χ0n) is 21.2. The molecule has 0 spiro atoms. The van der Waals surface area contributed by atoms with Gasteiger partial charge < -0.3 is 19.4 Å². The van der Waals surface area contributed by atoms with Crippen LogP contribution in [0.4, 0.5) is 11.4 Å². The molecule has 3 aliphatic heterocycles. The van der Waals surface area contributed by atoms with E-state index in [9.17, 15) is 0 Å². The number of ether oxygens (including phenoxy) is 1. The molecule has 3 aliphatic rings. The number of hydrogen-bond donors (Lipinski definition) is 0. The van der Waals surface area contributed by atoms with E-state index in [-0.39, 0.29) is 12.2 Å². The monoisotopic (exact) mass is 464 g/mol. The molecule has 0 radical (unpaired) electrons. The summed E-state index contributed by atoms with van der Waals surface area (Å²) < 4.78 is 6.03. The van der Waals surface area contributed by atoms with Crippen molar-refractivity contribution in [3.63, 3.8) is 0 Å². The van der Waals surface area contributed by atoms with E-state index in [2.05, 4.69) is 76.2 Å². The molecule has 0 N–H and O–H groups in total. The first kappa shape index (κ1) is 24.4. The number of piperazine rings is 1. The lowest BCUT2D eigenvalue weighted by Gasteiger charge is -2.37. The van der Waals surface area contributed by atoms with Gasteiger partial charge >= 0.3 is 0 Å². The van der Waals surface area contributed by atoms with Gasteiger partial charge in [-0.15, -0.1) is 0 Å². The van der Waals surface area contributed by atoms with E-state index in [1.807, 2.05) is 19.9 Å². The maximum atomic E-state index is 6.03. The summed E-state index contributed by atoms with van der Waals surface area (Å²) in [5.74, 6) is 0.983. The van der Waals surface area contributed by atoms with Gasteiger partial charge in [0.2, 0.25) is 0 Å². The zero-order chi connectivity index (χ0) is 23.9. The molecule has 0 amide bonds. The van der Waals surface area contributed by atoms with Crippen LogP contribution in [0.5, 0.6) is 5.75 Å². The molecule has 0 aliphatic carbocycles. The third kappa shape index (κ3) is 5.84. The number of hydrogen-bond acceptors (Lipinski definition) is 6.